The molecule has 0 saturated carbocycles. The van der Waals surface area contributed by atoms with Gasteiger partial charge in [0.05, 0.1) is 5.69 Å². The summed E-state index contributed by atoms with van der Waals surface area (Å²) in [6, 6.07) is 6.30. The Morgan fingerprint density at radius 2 is 1.82 bits per heavy atom. The molecule has 1 aromatic carbocycles. The van der Waals surface area contributed by atoms with Gasteiger partial charge >= 0.3 is 0 Å². The van der Waals surface area contributed by atoms with Crippen molar-refractivity contribution in [2.45, 2.75) is 6.92 Å². The number of ketones is 1. The van der Waals surface area contributed by atoms with Crippen LogP contribution in [0.5, 0.6) is 0 Å². The minimum absolute atomic E-state index is 0.202. The van der Waals surface area contributed by atoms with Gasteiger partial charge < -0.3 is 5.32 Å². The van der Waals surface area contributed by atoms with Crippen LogP contribution < -0.4 is 5.32 Å². The third kappa shape index (κ3) is 4.36. The van der Waals surface area contributed by atoms with Crippen LogP contribution >= 0.6 is 0 Å². The van der Waals surface area contributed by atoms with E-state index in [1.165, 1.54) is 13.0 Å². The molecule has 0 aliphatic carbocycles. The second kappa shape index (κ2) is 5.09. The van der Waals surface area contributed by atoms with Gasteiger partial charge in [-0.2, -0.15) is 0 Å². The van der Waals surface area contributed by atoms with Crippen molar-refractivity contribution >= 4 is 27.2 Å². The van der Waals surface area contributed by atoms with Gasteiger partial charge in [-0.05, 0) is 12.1 Å². The van der Waals surface area contributed by atoms with E-state index in [1.54, 1.807) is 18.2 Å². The fraction of sp³-hybridized carbons (Fsp3) is 0.273. The van der Waals surface area contributed by atoms with Gasteiger partial charge in [0.15, 0.2) is 15.6 Å². The smallest absolute Gasteiger partial charge is 0.221 e. The molecule has 0 spiro atoms. The van der Waals surface area contributed by atoms with Crippen LogP contribution in [0.15, 0.2) is 24.3 Å². The average Bonchev–Trinajstić information content (AvgIpc) is 2.14. The van der Waals surface area contributed by atoms with Crippen LogP contribution in [-0.2, 0) is 14.6 Å². The maximum Gasteiger partial charge on any atom is 0.221 e. The molecule has 92 valence electrons. The number of carbonyl (C=O) groups excluding carboxylic acids is 2. The molecule has 0 fully saturated rings. The van der Waals surface area contributed by atoms with E-state index in [9.17, 15) is 18.0 Å². The summed E-state index contributed by atoms with van der Waals surface area (Å²) >= 11 is 0. The first-order valence-corrected chi connectivity index (χ1v) is 6.93. The second-order valence-electron chi connectivity index (χ2n) is 3.72. The van der Waals surface area contributed by atoms with Crippen molar-refractivity contribution in [3.05, 3.63) is 29.8 Å². The molecule has 1 rings (SSSR count). The molecule has 0 aliphatic rings. The third-order valence-electron chi connectivity index (χ3n) is 1.93. The van der Waals surface area contributed by atoms with Crippen LogP contribution in [0.3, 0.4) is 0 Å². The Hall–Kier alpha value is -1.69. The fourth-order valence-electron chi connectivity index (χ4n) is 1.34. The number of hydrogen-bond donors (Lipinski definition) is 1. The molecule has 17 heavy (non-hydrogen) atoms. The summed E-state index contributed by atoms with van der Waals surface area (Å²) in [6.07, 6.45) is 0.992. The Balaban J connectivity index is 3.05. The Morgan fingerprint density at radius 3 is 2.35 bits per heavy atom. The first-order chi connectivity index (χ1) is 7.79. The van der Waals surface area contributed by atoms with Crippen LogP contribution in [-0.4, -0.2) is 32.1 Å². The number of para-hydroxylation sites is 1. The summed E-state index contributed by atoms with van der Waals surface area (Å²) in [6.45, 7) is 1.32. The first-order valence-electron chi connectivity index (χ1n) is 4.87. The molecule has 5 nitrogen and oxygen atoms in total. The van der Waals surface area contributed by atoms with Gasteiger partial charge in [-0.15, -0.1) is 0 Å². The number of anilines is 1. The quantitative estimate of drug-likeness (QED) is 0.810. The zero-order valence-electron chi connectivity index (χ0n) is 9.56. The number of carbonyl (C=O) groups is 2. The maximum absolute atomic E-state index is 11.7. The van der Waals surface area contributed by atoms with Gasteiger partial charge in [-0.3, -0.25) is 9.59 Å². The van der Waals surface area contributed by atoms with E-state index in [0.29, 0.717) is 5.69 Å². The predicted molar refractivity (Wildman–Crippen MR) is 64.8 cm³/mol. The largest absolute Gasteiger partial charge is 0.326 e. The highest BCUT2D eigenvalue weighted by Crippen LogP contribution is 2.16. The topological polar surface area (TPSA) is 80.3 Å². The molecule has 0 heterocycles. The molecule has 1 aromatic rings. The van der Waals surface area contributed by atoms with Crippen LogP contribution in [0.2, 0.25) is 0 Å². The Labute approximate surface area is 99.8 Å². The molecule has 0 unspecified atom stereocenters. The number of amides is 1. The van der Waals surface area contributed by atoms with Crippen molar-refractivity contribution in [3.63, 3.8) is 0 Å². The van der Waals surface area contributed by atoms with E-state index < -0.39 is 21.4 Å². The molecule has 0 radical (unpaired) electrons. The summed E-state index contributed by atoms with van der Waals surface area (Å²) in [5.41, 5.74) is 0.529. The summed E-state index contributed by atoms with van der Waals surface area (Å²) in [7, 11) is -3.38. The predicted octanol–water partition coefficient (Wildman–Crippen LogP) is 0.872. The average molecular weight is 255 g/mol. The van der Waals surface area contributed by atoms with E-state index in [0.717, 1.165) is 6.26 Å². The van der Waals surface area contributed by atoms with Crippen LogP contribution in [0.1, 0.15) is 17.3 Å². The third-order valence-corrected chi connectivity index (χ3v) is 2.72. The summed E-state index contributed by atoms with van der Waals surface area (Å²) in [5, 5.41) is 2.49. The van der Waals surface area contributed by atoms with Gasteiger partial charge in [0, 0.05) is 18.7 Å². The van der Waals surface area contributed by atoms with Gasteiger partial charge in [-0.1, -0.05) is 12.1 Å². The van der Waals surface area contributed by atoms with Gasteiger partial charge in [-0.25, -0.2) is 8.42 Å². The van der Waals surface area contributed by atoms with Crippen molar-refractivity contribution in [2.24, 2.45) is 0 Å². The van der Waals surface area contributed by atoms with E-state index in [-0.39, 0.29) is 11.5 Å². The number of rotatable bonds is 4. The lowest BCUT2D eigenvalue weighted by Crippen LogP contribution is -2.17. The van der Waals surface area contributed by atoms with Crippen molar-refractivity contribution < 1.29 is 18.0 Å². The van der Waals surface area contributed by atoms with Crippen molar-refractivity contribution in [2.75, 3.05) is 17.3 Å². The van der Waals surface area contributed by atoms with Crippen LogP contribution in [0.4, 0.5) is 5.69 Å². The SMILES string of the molecule is CC(=O)Nc1ccccc1C(=O)CS(C)(=O)=O. The highest BCUT2D eigenvalue weighted by Gasteiger charge is 2.16. The number of benzene rings is 1. The monoisotopic (exact) mass is 255 g/mol. The molecular weight excluding hydrogens is 242 g/mol. The first kappa shape index (κ1) is 13.4. The lowest BCUT2D eigenvalue weighted by Gasteiger charge is -2.08. The van der Waals surface area contributed by atoms with Crippen LogP contribution in [0, 0.1) is 0 Å². The van der Waals surface area contributed by atoms with Crippen molar-refractivity contribution in [1.82, 2.24) is 0 Å². The van der Waals surface area contributed by atoms with Crippen LogP contribution in [0.25, 0.3) is 0 Å². The second-order valence-corrected chi connectivity index (χ2v) is 5.86. The fourth-order valence-corrected chi connectivity index (χ4v) is 1.97. The number of hydrogen-bond acceptors (Lipinski definition) is 4. The highest BCUT2D eigenvalue weighted by molar-refractivity contribution is 7.91. The van der Waals surface area contributed by atoms with Crippen molar-refractivity contribution in [1.29, 1.82) is 0 Å². The summed E-state index contributed by atoms with van der Waals surface area (Å²) < 4.78 is 22.1. The van der Waals surface area contributed by atoms with E-state index in [2.05, 4.69) is 5.32 Å². The molecule has 0 aliphatic heterocycles. The lowest BCUT2D eigenvalue weighted by molar-refractivity contribution is -0.114. The molecule has 0 bridgehead atoms. The van der Waals surface area contributed by atoms with E-state index >= 15 is 0 Å². The normalized spacial score (nSPS) is 10.9. The van der Waals surface area contributed by atoms with E-state index in [4.69, 9.17) is 0 Å². The number of sulfone groups is 1. The maximum atomic E-state index is 11.7. The minimum atomic E-state index is -3.38. The standard InChI is InChI=1S/C11H13NO4S/c1-8(13)12-10-6-4-3-5-9(10)11(14)7-17(2,15)16/h3-6H,7H2,1-2H3,(H,12,13). The Morgan fingerprint density at radius 1 is 1.24 bits per heavy atom. The number of Topliss-reactive ketones (excluding diaryl/α,β-unsaturated/α-hetero) is 1. The lowest BCUT2D eigenvalue weighted by atomic mass is 10.1. The number of nitrogens with one attached hydrogen (secondary N) is 1. The van der Waals surface area contributed by atoms with Crippen molar-refractivity contribution in [3.8, 4) is 0 Å². The molecule has 1 amide bonds. The molecular formula is C11H13NO4S. The van der Waals surface area contributed by atoms with E-state index in [1.807, 2.05) is 0 Å². The Kier molecular flexibility index (Phi) is 4.01. The van der Waals surface area contributed by atoms with Gasteiger partial charge in [0.2, 0.25) is 5.91 Å². The molecule has 0 atom stereocenters. The Bertz CT molecular complexity index is 548. The molecule has 1 N–H and O–H groups in total. The van der Waals surface area contributed by atoms with Gasteiger partial charge in [0.25, 0.3) is 0 Å². The molecule has 6 heteroatoms. The summed E-state index contributed by atoms with van der Waals surface area (Å²) in [5.74, 6) is -1.41. The molecule has 0 saturated heterocycles. The molecule has 0 aromatic heterocycles. The minimum Gasteiger partial charge on any atom is -0.326 e. The zero-order valence-corrected chi connectivity index (χ0v) is 10.4. The highest BCUT2D eigenvalue weighted by atomic mass is 32.2. The van der Waals surface area contributed by atoms with Gasteiger partial charge in [0.1, 0.15) is 5.75 Å². The zero-order chi connectivity index (χ0) is 13.1. The summed E-state index contributed by atoms with van der Waals surface area (Å²) in [4.78, 5) is 22.7.